The Morgan fingerprint density at radius 1 is 1.24 bits per heavy atom. The van der Waals surface area contributed by atoms with Crippen molar-refractivity contribution in [3.8, 4) is 0 Å². The molecule has 0 atom stereocenters. The van der Waals surface area contributed by atoms with Crippen LogP contribution in [0.2, 0.25) is 5.02 Å². The molecule has 1 saturated heterocycles. The van der Waals surface area contributed by atoms with Crippen molar-refractivity contribution in [1.82, 2.24) is 14.9 Å². The van der Waals surface area contributed by atoms with Crippen LogP contribution in [-0.2, 0) is 9.53 Å². The molecule has 1 aromatic carbocycles. The van der Waals surface area contributed by atoms with E-state index in [1.54, 1.807) is 17.0 Å². The molecule has 34 heavy (non-hydrogen) atoms. The van der Waals surface area contributed by atoms with Crippen LogP contribution in [0.3, 0.4) is 0 Å². The first-order chi connectivity index (χ1) is 16.1. The number of aromatic amines is 1. The average molecular weight is 488 g/mol. The molecule has 0 unspecified atom stereocenters. The molecule has 1 aliphatic carbocycles. The summed E-state index contributed by atoms with van der Waals surface area (Å²) in [4.78, 5) is 34.8. The summed E-state index contributed by atoms with van der Waals surface area (Å²) in [6, 6.07) is 5.35. The number of likely N-dealkylation sites (tertiary alicyclic amines) is 1. The van der Waals surface area contributed by atoms with Gasteiger partial charge in [-0.2, -0.15) is 0 Å². The van der Waals surface area contributed by atoms with Crippen molar-refractivity contribution in [1.29, 1.82) is 0 Å². The van der Waals surface area contributed by atoms with E-state index in [1.165, 1.54) is 0 Å². The number of fused-ring (bicyclic) bond motifs is 1. The monoisotopic (exact) mass is 487 g/mol. The van der Waals surface area contributed by atoms with Gasteiger partial charge in [-0.05, 0) is 89.3 Å². The van der Waals surface area contributed by atoms with Crippen molar-refractivity contribution in [3.05, 3.63) is 34.5 Å². The Bertz CT molecular complexity index is 1090. The number of hydrogen-bond donors (Lipinski definition) is 3. The minimum atomic E-state index is -0.493. The van der Waals surface area contributed by atoms with Crippen molar-refractivity contribution >= 4 is 40.6 Å². The lowest BCUT2D eigenvalue weighted by atomic mass is 9.89. The van der Waals surface area contributed by atoms with E-state index in [2.05, 4.69) is 15.3 Å². The van der Waals surface area contributed by atoms with Crippen LogP contribution in [-0.4, -0.2) is 45.6 Å². The number of halogens is 1. The highest BCUT2D eigenvalue weighted by Gasteiger charge is 2.31. The summed E-state index contributed by atoms with van der Waals surface area (Å²) in [5, 5.41) is 3.49. The largest absolute Gasteiger partial charge is 0.444 e. The molecule has 4 rings (SSSR count). The van der Waals surface area contributed by atoms with Gasteiger partial charge in [0, 0.05) is 29.4 Å². The summed E-state index contributed by atoms with van der Waals surface area (Å²) in [7, 11) is 0. The molecule has 2 amide bonds. The third-order valence-electron chi connectivity index (χ3n) is 6.38. The van der Waals surface area contributed by atoms with Crippen molar-refractivity contribution in [2.75, 3.05) is 18.4 Å². The number of imidazole rings is 1. The topological polar surface area (TPSA) is 113 Å². The Hall–Kier alpha value is -2.74. The predicted octanol–water partition coefficient (Wildman–Crippen LogP) is 5.20. The molecule has 1 aromatic heterocycles. The molecule has 1 aliphatic heterocycles. The second kappa shape index (κ2) is 9.86. The first-order valence-corrected chi connectivity index (χ1v) is 12.4. The lowest BCUT2D eigenvalue weighted by Gasteiger charge is -2.33. The summed E-state index contributed by atoms with van der Waals surface area (Å²) in [5.41, 5.74) is 8.76. The maximum Gasteiger partial charge on any atom is 0.410 e. The van der Waals surface area contributed by atoms with Gasteiger partial charge in [0.05, 0.1) is 11.0 Å². The summed E-state index contributed by atoms with van der Waals surface area (Å²) in [6.07, 6.45) is 5.05. The second-order valence-corrected chi connectivity index (χ2v) is 10.8. The maximum absolute atomic E-state index is 13.2. The summed E-state index contributed by atoms with van der Waals surface area (Å²) >= 11 is 6.05. The highest BCUT2D eigenvalue weighted by molar-refractivity contribution is 6.31. The van der Waals surface area contributed by atoms with Crippen molar-refractivity contribution in [2.45, 2.75) is 64.9 Å². The van der Waals surface area contributed by atoms with Crippen LogP contribution >= 0.6 is 11.6 Å². The number of H-pyrrole nitrogens is 1. The number of benzene rings is 1. The minimum absolute atomic E-state index is 0.208. The number of nitrogens with two attached hydrogens (primary N) is 1. The van der Waals surface area contributed by atoms with E-state index in [0.29, 0.717) is 53.6 Å². The SMILES string of the molecule is CC(C)(C)OC(=O)N1CCC(CC/C(C(=O)Nc2nc3ccc(Cl)cc3[nH]2)=C(/N)C2CC2)CC1. The number of hydrogen-bond acceptors (Lipinski definition) is 5. The number of carbonyl (C=O) groups is 2. The zero-order valence-electron chi connectivity index (χ0n) is 20.1. The van der Waals surface area contributed by atoms with Crippen molar-refractivity contribution < 1.29 is 14.3 Å². The number of aromatic nitrogens is 2. The lowest BCUT2D eigenvalue weighted by molar-refractivity contribution is -0.113. The van der Waals surface area contributed by atoms with E-state index >= 15 is 0 Å². The normalized spacial score (nSPS) is 18.1. The first kappa shape index (κ1) is 24.4. The van der Waals surface area contributed by atoms with Crippen LogP contribution in [0.15, 0.2) is 29.5 Å². The van der Waals surface area contributed by atoms with Crippen LogP contribution in [0.1, 0.15) is 59.3 Å². The Morgan fingerprint density at radius 3 is 2.59 bits per heavy atom. The van der Waals surface area contributed by atoms with Crippen LogP contribution in [0.5, 0.6) is 0 Å². The predicted molar refractivity (Wildman–Crippen MR) is 133 cm³/mol. The molecule has 2 aromatic rings. The lowest BCUT2D eigenvalue weighted by Crippen LogP contribution is -2.41. The fourth-order valence-corrected chi connectivity index (χ4v) is 4.50. The zero-order valence-corrected chi connectivity index (χ0v) is 20.9. The highest BCUT2D eigenvalue weighted by Crippen LogP contribution is 2.37. The number of nitrogens with one attached hydrogen (secondary N) is 2. The Morgan fingerprint density at radius 2 is 1.94 bits per heavy atom. The van der Waals surface area contributed by atoms with Crippen LogP contribution in [0.4, 0.5) is 10.7 Å². The van der Waals surface area contributed by atoms with Gasteiger partial charge in [-0.25, -0.2) is 9.78 Å². The third-order valence-corrected chi connectivity index (χ3v) is 6.62. The molecule has 4 N–H and O–H groups in total. The van der Waals surface area contributed by atoms with Crippen molar-refractivity contribution in [3.63, 3.8) is 0 Å². The van der Waals surface area contributed by atoms with E-state index < -0.39 is 5.60 Å². The molecule has 0 radical (unpaired) electrons. The Labute approximate surface area is 205 Å². The molecule has 2 fully saturated rings. The molecule has 0 spiro atoms. The Kier molecular flexibility index (Phi) is 7.07. The second-order valence-electron chi connectivity index (χ2n) is 10.4. The number of nitrogens with zero attached hydrogens (tertiary/aromatic N) is 2. The summed E-state index contributed by atoms with van der Waals surface area (Å²) in [6.45, 7) is 6.97. The van der Waals surface area contributed by atoms with Crippen molar-refractivity contribution in [2.24, 2.45) is 17.6 Å². The van der Waals surface area contributed by atoms with Crippen LogP contribution < -0.4 is 11.1 Å². The molecule has 9 heteroatoms. The summed E-state index contributed by atoms with van der Waals surface area (Å²) < 4.78 is 5.49. The zero-order chi connectivity index (χ0) is 24.5. The number of amides is 2. The Balaban J connectivity index is 1.35. The number of anilines is 1. The van der Waals surface area contributed by atoms with Gasteiger partial charge in [0.25, 0.3) is 5.91 Å². The number of piperidine rings is 1. The standard InChI is InChI=1S/C25H34ClN5O3/c1-25(2,3)34-24(33)31-12-10-15(11-13-31)4-8-18(21(27)16-5-6-16)22(32)30-23-28-19-9-7-17(26)14-20(19)29-23/h7,9,14-16H,4-6,8,10-13,27H2,1-3H3,(H2,28,29,30,32)/b21-18-. The van der Waals surface area contributed by atoms with Gasteiger partial charge in [-0.15, -0.1) is 0 Å². The number of allylic oxidation sites excluding steroid dienone is 1. The van der Waals surface area contributed by atoms with Crippen LogP contribution in [0, 0.1) is 11.8 Å². The van der Waals surface area contributed by atoms with Gasteiger partial charge in [-0.1, -0.05) is 11.6 Å². The van der Waals surface area contributed by atoms with Gasteiger partial charge in [-0.3, -0.25) is 10.1 Å². The molecule has 2 heterocycles. The average Bonchev–Trinajstić information content (AvgIpc) is 3.54. The fourth-order valence-electron chi connectivity index (χ4n) is 4.33. The van der Waals surface area contributed by atoms with E-state index in [-0.39, 0.29) is 12.0 Å². The molecule has 1 saturated carbocycles. The summed E-state index contributed by atoms with van der Waals surface area (Å²) in [5.74, 6) is 0.904. The van der Waals surface area contributed by atoms with E-state index in [1.807, 2.05) is 26.8 Å². The third kappa shape index (κ3) is 6.23. The van der Waals surface area contributed by atoms with Gasteiger partial charge >= 0.3 is 6.09 Å². The smallest absolute Gasteiger partial charge is 0.410 e. The molecule has 0 bridgehead atoms. The molecular weight excluding hydrogens is 454 g/mol. The van der Waals surface area contributed by atoms with Crippen LogP contribution in [0.25, 0.3) is 11.0 Å². The molecule has 2 aliphatic rings. The molecule has 184 valence electrons. The van der Waals surface area contributed by atoms with E-state index in [9.17, 15) is 9.59 Å². The minimum Gasteiger partial charge on any atom is -0.444 e. The number of rotatable bonds is 6. The molecular formula is C25H34ClN5O3. The van der Waals surface area contributed by atoms with Gasteiger partial charge in [0.2, 0.25) is 5.95 Å². The van der Waals surface area contributed by atoms with E-state index in [0.717, 1.165) is 43.1 Å². The first-order valence-electron chi connectivity index (χ1n) is 12.0. The quantitative estimate of drug-likeness (QED) is 0.484. The highest BCUT2D eigenvalue weighted by atomic mass is 35.5. The maximum atomic E-state index is 13.2. The van der Waals surface area contributed by atoms with E-state index in [4.69, 9.17) is 22.1 Å². The molecule has 8 nitrogen and oxygen atoms in total. The van der Waals surface area contributed by atoms with Gasteiger partial charge in [0.1, 0.15) is 5.60 Å². The number of ether oxygens (including phenoxy) is 1. The number of carbonyl (C=O) groups excluding carboxylic acids is 2. The van der Waals surface area contributed by atoms with Gasteiger partial charge < -0.3 is 20.4 Å². The fraction of sp³-hybridized carbons (Fsp3) is 0.560. The van der Waals surface area contributed by atoms with Gasteiger partial charge in [0.15, 0.2) is 0 Å².